The Kier molecular flexibility index (Phi) is 3.11. The second kappa shape index (κ2) is 3.78. The number of rotatable bonds is 3. The zero-order valence-electron chi connectivity index (χ0n) is 8.50. The van der Waals surface area contributed by atoms with Crippen molar-refractivity contribution in [2.24, 2.45) is 16.9 Å². The molecule has 4 N–H and O–H groups in total. The van der Waals surface area contributed by atoms with Crippen molar-refractivity contribution in [2.45, 2.75) is 26.8 Å². The van der Waals surface area contributed by atoms with Gasteiger partial charge in [-0.2, -0.15) is 0 Å². The van der Waals surface area contributed by atoms with E-state index < -0.39 is 0 Å². The number of hydrogen-bond donors (Lipinski definition) is 2. The van der Waals surface area contributed by atoms with Gasteiger partial charge in [0.05, 0.1) is 0 Å². The minimum absolute atomic E-state index is 0.0182. The molecule has 0 saturated carbocycles. The van der Waals surface area contributed by atoms with E-state index >= 15 is 0 Å². The van der Waals surface area contributed by atoms with Gasteiger partial charge in [-0.25, -0.2) is 0 Å². The number of hydrogen-bond acceptors (Lipinski definition) is 3. The third-order valence-electron chi connectivity index (χ3n) is 2.55. The summed E-state index contributed by atoms with van der Waals surface area (Å²) in [6, 6.07) is 2.16. The maximum atomic E-state index is 6.16. The van der Waals surface area contributed by atoms with Crippen LogP contribution in [0.4, 0.5) is 0 Å². The van der Waals surface area contributed by atoms with E-state index in [0.29, 0.717) is 6.54 Å². The molecule has 0 saturated heterocycles. The summed E-state index contributed by atoms with van der Waals surface area (Å²) in [5.74, 6) is 0. The van der Waals surface area contributed by atoms with E-state index in [9.17, 15) is 0 Å². The Labute approximate surface area is 83.9 Å². The van der Waals surface area contributed by atoms with E-state index in [1.54, 1.807) is 11.3 Å². The molecule has 0 spiro atoms. The van der Waals surface area contributed by atoms with E-state index in [-0.39, 0.29) is 11.5 Å². The second-order valence-electron chi connectivity index (χ2n) is 4.14. The normalized spacial score (nSPS) is 14.5. The molecule has 3 heteroatoms. The molecule has 0 fully saturated rings. The molecule has 0 aromatic carbocycles. The third kappa shape index (κ3) is 2.10. The fourth-order valence-corrected chi connectivity index (χ4v) is 2.32. The topological polar surface area (TPSA) is 52.0 Å². The Hall–Kier alpha value is -0.380. The van der Waals surface area contributed by atoms with Gasteiger partial charge in [0.2, 0.25) is 0 Å². The van der Waals surface area contributed by atoms with Crippen LogP contribution >= 0.6 is 11.3 Å². The average molecular weight is 198 g/mol. The van der Waals surface area contributed by atoms with Gasteiger partial charge in [0.25, 0.3) is 0 Å². The molecule has 0 aliphatic heterocycles. The van der Waals surface area contributed by atoms with Gasteiger partial charge < -0.3 is 11.5 Å². The summed E-state index contributed by atoms with van der Waals surface area (Å²) in [6.07, 6.45) is 0. The summed E-state index contributed by atoms with van der Waals surface area (Å²) in [5, 5.41) is 2.08. The van der Waals surface area contributed by atoms with Crippen LogP contribution < -0.4 is 11.5 Å². The largest absolute Gasteiger partial charge is 0.330 e. The molecule has 1 aromatic heterocycles. The summed E-state index contributed by atoms with van der Waals surface area (Å²) in [5.41, 5.74) is 13.1. The summed E-state index contributed by atoms with van der Waals surface area (Å²) in [4.78, 5) is 1.26. The average Bonchev–Trinajstić information content (AvgIpc) is 2.50. The number of nitrogens with two attached hydrogens (primary N) is 2. The highest BCUT2D eigenvalue weighted by Gasteiger charge is 2.27. The van der Waals surface area contributed by atoms with E-state index in [2.05, 4.69) is 32.2 Å². The van der Waals surface area contributed by atoms with Gasteiger partial charge in [0.15, 0.2) is 0 Å². The first-order valence-corrected chi connectivity index (χ1v) is 5.36. The maximum absolute atomic E-state index is 6.16. The smallest absolute Gasteiger partial charge is 0.0456 e. The van der Waals surface area contributed by atoms with Crippen LogP contribution in [0.25, 0.3) is 0 Å². The molecule has 13 heavy (non-hydrogen) atoms. The van der Waals surface area contributed by atoms with E-state index in [1.807, 2.05) is 0 Å². The molecule has 0 amide bonds. The van der Waals surface area contributed by atoms with Gasteiger partial charge in [0, 0.05) is 10.9 Å². The lowest BCUT2D eigenvalue weighted by atomic mass is 9.83. The summed E-state index contributed by atoms with van der Waals surface area (Å²) >= 11 is 1.72. The van der Waals surface area contributed by atoms with Gasteiger partial charge in [-0.05, 0) is 35.9 Å². The number of thiophene rings is 1. The lowest BCUT2D eigenvalue weighted by Crippen LogP contribution is -2.35. The molecule has 1 heterocycles. The Balaban J connectivity index is 2.91. The van der Waals surface area contributed by atoms with Crippen molar-refractivity contribution in [3.8, 4) is 0 Å². The Morgan fingerprint density at radius 3 is 2.54 bits per heavy atom. The molecule has 74 valence electrons. The van der Waals surface area contributed by atoms with Crippen LogP contribution in [0.5, 0.6) is 0 Å². The van der Waals surface area contributed by atoms with Gasteiger partial charge in [-0.3, -0.25) is 0 Å². The van der Waals surface area contributed by atoms with Crippen LogP contribution in [0.15, 0.2) is 11.4 Å². The summed E-state index contributed by atoms with van der Waals surface area (Å²) < 4.78 is 0. The summed E-state index contributed by atoms with van der Waals surface area (Å²) in [6.45, 7) is 6.93. The fraction of sp³-hybridized carbons (Fsp3) is 0.600. The minimum Gasteiger partial charge on any atom is -0.330 e. The quantitative estimate of drug-likeness (QED) is 0.781. The fourth-order valence-electron chi connectivity index (χ4n) is 1.18. The first kappa shape index (κ1) is 10.7. The van der Waals surface area contributed by atoms with Crippen LogP contribution in [0.2, 0.25) is 0 Å². The molecule has 1 unspecified atom stereocenters. The summed E-state index contributed by atoms with van der Waals surface area (Å²) in [7, 11) is 0. The molecule has 2 nitrogen and oxygen atoms in total. The SMILES string of the molecule is Cc1ccsc1C(N)C(C)(C)CN. The van der Waals surface area contributed by atoms with Gasteiger partial charge in [0.1, 0.15) is 0 Å². The molecular weight excluding hydrogens is 180 g/mol. The van der Waals surface area contributed by atoms with Crippen LogP contribution in [-0.4, -0.2) is 6.54 Å². The van der Waals surface area contributed by atoms with Crippen molar-refractivity contribution in [3.63, 3.8) is 0 Å². The van der Waals surface area contributed by atoms with Crippen molar-refractivity contribution in [1.29, 1.82) is 0 Å². The number of aryl methyl sites for hydroxylation is 1. The zero-order valence-corrected chi connectivity index (χ0v) is 9.32. The van der Waals surface area contributed by atoms with E-state index in [4.69, 9.17) is 11.5 Å². The van der Waals surface area contributed by atoms with Crippen molar-refractivity contribution >= 4 is 11.3 Å². The second-order valence-corrected chi connectivity index (χ2v) is 5.09. The van der Waals surface area contributed by atoms with Crippen LogP contribution in [0.3, 0.4) is 0 Å². The molecule has 0 aliphatic rings. The maximum Gasteiger partial charge on any atom is 0.0456 e. The first-order valence-electron chi connectivity index (χ1n) is 4.48. The van der Waals surface area contributed by atoms with Crippen LogP contribution in [0, 0.1) is 12.3 Å². The van der Waals surface area contributed by atoms with E-state index in [1.165, 1.54) is 10.4 Å². The molecule has 0 aliphatic carbocycles. The Morgan fingerprint density at radius 2 is 2.15 bits per heavy atom. The highest BCUT2D eigenvalue weighted by molar-refractivity contribution is 7.10. The zero-order chi connectivity index (χ0) is 10.1. The minimum atomic E-state index is -0.0182. The Morgan fingerprint density at radius 1 is 1.54 bits per heavy atom. The van der Waals surface area contributed by atoms with Crippen molar-refractivity contribution in [3.05, 3.63) is 21.9 Å². The molecule has 1 rings (SSSR count). The van der Waals surface area contributed by atoms with Crippen molar-refractivity contribution in [2.75, 3.05) is 6.54 Å². The van der Waals surface area contributed by atoms with Gasteiger partial charge in [-0.1, -0.05) is 13.8 Å². The third-order valence-corrected chi connectivity index (χ3v) is 3.65. The van der Waals surface area contributed by atoms with Crippen molar-refractivity contribution in [1.82, 2.24) is 0 Å². The monoisotopic (exact) mass is 198 g/mol. The predicted octanol–water partition coefficient (Wildman–Crippen LogP) is 2.04. The highest BCUT2D eigenvalue weighted by Crippen LogP contribution is 2.34. The standard InChI is InChI=1S/C10H18N2S/c1-7-4-5-13-8(7)9(12)10(2,3)6-11/h4-5,9H,6,11-12H2,1-3H3. The van der Waals surface area contributed by atoms with Crippen molar-refractivity contribution < 1.29 is 0 Å². The van der Waals surface area contributed by atoms with E-state index in [0.717, 1.165) is 0 Å². The first-order chi connectivity index (χ1) is 5.99. The molecular formula is C10H18N2S. The van der Waals surface area contributed by atoms with Gasteiger partial charge >= 0.3 is 0 Å². The predicted molar refractivity (Wildman–Crippen MR) is 58.8 cm³/mol. The lowest BCUT2D eigenvalue weighted by Gasteiger charge is -2.29. The van der Waals surface area contributed by atoms with Crippen LogP contribution in [0.1, 0.15) is 30.3 Å². The molecule has 0 bridgehead atoms. The highest BCUT2D eigenvalue weighted by atomic mass is 32.1. The molecule has 1 aromatic rings. The van der Waals surface area contributed by atoms with Gasteiger partial charge in [-0.15, -0.1) is 11.3 Å². The van der Waals surface area contributed by atoms with Crippen LogP contribution in [-0.2, 0) is 0 Å². The lowest BCUT2D eigenvalue weighted by molar-refractivity contribution is 0.304. The molecule has 0 radical (unpaired) electrons. The Bertz CT molecular complexity index is 278. The molecule has 1 atom stereocenters.